The van der Waals surface area contributed by atoms with Gasteiger partial charge in [0.15, 0.2) is 0 Å². The van der Waals surface area contributed by atoms with E-state index in [1.165, 1.54) is 61.6 Å². The minimum absolute atomic E-state index is 0.316. The number of hydrazine groups is 1. The van der Waals surface area contributed by atoms with Gasteiger partial charge in [0.1, 0.15) is 0 Å². The molecule has 1 saturated carbocycles. The van der Waals surface area contributed by atoms with Crippen LogP contribution in [0, 0.1) is 25.7 Å². The molecule has 0 aromatic heterocycles. The van der Waals surface area contributed by atoms with Crippen molar-refractivity contribution in [2.75, 3.05) is 0 Å². The Morgan fingerprint density at radius 3 is 2.43 bits per heavy atom. The Morgan fingerprint density at radius 1 is 1.14 bits per heavy atom. The Balaban J connectivity index is 1.97. The topological polar surface area (TPSA) is 38.0 Å². The molecular formula is C19H32N2. The largest absolute Gasteiger partial charge is 0.271 e. The maximum absolute atomic E-state index is 5.89. The summed E-state index contributed by atoms with van der Waals surface area (Å²) in [6, 6.07) is 7.09. The average Bonchev–Trinajstić information content (AvgIpc) is 2.50. The third kappa shape index (κ3) is 4.31. The van der Waals surface area contributed by atoms with Gasteiger partial charge < -0.3 is 0 Å². The fraction of sp³-hybridized carbons (Fsp3) is 0.684. The highest BCUT2D eigenvalue weighted by molar-refractivity contribution is 5.32. The van der Waals surface area contributed by atoms with E-state index < -0.39 is 0 Å². The molecular weight excluding hydrogens is 256 g/mol. The van der Waals surface area contributed by atoms with Crippen molar-refractivity contribution in [3.05, 3.63) is 34.9 Å². The first-order valence-electron chi connectivity index (χ1n) is 8.69. The van der Waals surface area contributed by atoms with E-state index in [4.69, 9.17) is 5.84 Å². The highest BCUT2D eigenvalue weighted by atomic mass is 15.2. The molecule has 1 aliphatic rings. The molecule has 1 unspecified atom stereocenters. The van der Waals surface area contributed by atoms with E-state index in [1.807, 2.05) is 0 Å². The molecule has 2 heteroatoms. The van der Waals surface area contributed by atoms with E-state index in [0.29, 0.717) is 12.0 Å². The zero-order chi connectivity index (χ0) is 15.2. The van der Waals surface area contributed by atoms with Crippen LogP contribution in [0.3, 0.4) is 0 Å². The molecule has 1 aromatic rings. The third-order valence-electron chi connectivity index (χ3n) is 5.40. The summed E-state index contributed by atoms with van der Waals surface area (Å²) >= 11 is 0. The summed E-state index contributed by atoms with van der Waals surface area (Å²) in [5.74, 6) is 7.54. The fourth-order valence-corrected chi connectivity index (χ4v) is 3.77. The molecule has 118 valence electrons. The summed E-state index contributed by atoms with van der Waals surface area (Å²) in [6.07, 6.45) is 9.54. The standard InChI is InChI=1S/C19H32N2/c1-4-5-6-16-8-11-17(12-9-16)19(21-20)18-10-7-14(2)15(3)13-18/h7,10,13,16-17,19,21H,4-6,8-9,11-12,20H2,1-3H3. The van der Waals surface area contributed by atoms with Crippen molar-refractivity contribution >= 4 is 0 Å². The molecule has 0 radical (unpaired) electrons. The van der Waals surface area contributed by atoms with E-state index in [2.05, 4.69) is 44.4 Å². The van der Waals surface area contributed by atoms with Gasteiger partial charge in [-0.1, -0.05) is 57.2 Å². The molecule has 0 amide bonds. The molecule has 0 bridgehead atoms. The second-order valence-electron chi connectivity index (χ2n) is 6.91. The van der Waals surface area contributed by atoms with Crippen LogP contribution < -0.4 is 11.3 Å². The predicted octanol–water partition coefficient (Wildman–Crippen LogP) is 4.80. The average molecular weight is 288 g/mol. The number of rotatable bonds is 6. The van der Waals surface area contributed by atoms with Crippen molar-refractivity contribution in [2.24, 2.45) is 17.7 Å². The molecule has 0 spiro atoms. The van der Waals surface area contributed by atoms with Gasteiger partial charge in [-0.3, -0.25) is 11.3 Å². The lowest BCUT2D eigenvalue weighted by molar-refractivity contribution is 0.213. The molecule has 1 fully saturated rings. The van der Waals surface area contributed by atoms with E-state index in [-0.39, 0.29) is 0 Å². The van der Waals surface area contributed by atoms with E-state index in [0.717, 1.165) is 5.92 Å². The number of hydrogen-bond acceptors (Lipinski definition) is 2. The minimum atomic E-state index is 0.316. The summed E-state index contributed by atoms with van der Waals surface area (Å²) in [4.78, 5) is 0. The summed E-state index contributed by atoms with van der Waals surface area (Å²) in [7, 11) is 0. The van der Waals surface area contributed by atoms with Crippen molar-refractivity contribution in [3.8, 4) is 0 Å². The Hall–Kier alpha value is -0.860. The van der Waals surface area contributed by atoms with Crippen LogP contribution in [0.5, 0.6) is 0 Å². The number of hydrogen-bond donors (Lipinski definition) is 2. The monoisotopic (exact) mass is 288 g/mol. The maximum Gasteiger partial charge on any atom is 0.0488 e. The van der Waals surface area contributed by atoms with Crippen LogP contribution in [-0.2, 0) is 0 Å². The van der Waals surface area contributed by atoms with Gasteiger partial charge in [0.25, 0.3) is 0 Å². The van der Waals surface area contributed by atoms with Crippen LogP contribution in [0.2, 0.25) is 0 Å². The van der Waals surface area contributed by atoms with Gasteiger partial charge >= 0.3 is 0 Å². The van der Waals surface area contributed by atoms with Gasteiger partial charge in [0.05, 0.1) is 0 Å². The molecule has 3 N–H and O–H groups in total. The molecule has 0 saturated heterocycles. The quantitative estimate of drug-likeness (QED) is 0.582. The van der Waals surface area contributed by atoms with Crippen LogP contribution in [-0.4, -0.2) is 0 Å². The number of unbranched alkanes of at least 4 members (excludes halogenated alkanes) is 1. The summed E-state index contributed by atoms with van der Waals surface area (Å²) in [5, 5.41) is 0. The first kappa shape index (κ1) is 16.5. The van der Waals surface area contributed by atoms with Crippen molar-refractivity contribution in [1.29, 1.82) is 0 Å². The van der Waals surface area contributed by atoms with Crippen LogP contribution in [0.1, 0.15) is 74.6 Å². The van der Waals surface area contributed by atoms with Gasteiger partial charge in [-0.2, -0.15) is 0 Å². The zero-order valence-electron chi connectivity index (χ0n) is 14.0. The summed E-state index contributed by atoms with van der Waals surface area (Å²) < 4.78 is 0. The predicted molar refractivity (Wildman–Crippen MR) is 91.0 cm³/mol. The van der Waals surface area contributed by atoms with Gasteiger partial charge in [0, 0.05) is 6.04 Å². The lowest BCUT2D eigenvalue weighted by Crippen LogP contribution is -2.35. The van der Waals surface area contributed by atoms with Crippen LogP contribution in [0.15, 0.2) is 18.2 Å². The van der Waals surface area contributed by atoms with Crippen LogP contribution >= 0.6 is 0 Å². The number of benzene rings is 1. The molecule has 0 aliphatic heterocycles. The molecule has 1 atom stereocenters. The molecule has 21 heavy (non-hydrogen) atoms. The first-order chi connectivity index (χ1) is 10.2. The normalized spacial score (nSPS) is 24.0. The maximum atomic E-state index is 5.89. The molecule has 2 nitrogen and oxygen atoms in total. The smallest absolute Gasteiger partial charge is 0.0488 e. The van der Waals surface area contributed by atoms with Gasteiger partial charge in [-0.15, -0.1) is 0 Å². The summed E-state index contributed by atoms with van der Waals surface area (Å²) in [5.41, 5.74) is 7.18. The number of aryl methyl sites for hydroxylation is 2. The van der Waals surface area contributed by atoms with Gasteiger partial charge in [-0.25, -0.2) is 0 Å². The van der Waals surface area contributed by atoms with E-state index in [9.17, 15) is 0 Å². The van der Waals surface area contributed by atoms with Crippen molar-refractivity contribution in [1.82, 2.24) is 5.43 Å². The van der Waals surface area contributed by atoms with Crippen molar-refractivity contribution in [3.63, 3.8) is 0 Å². The molecule has 1 aromatic carbocycles. The zero-order valence-corrected chi connectivity index (χ0v) is 14.0. The fourth-order valence-electron chi connectivity index (χ4n) is 3.77. The second kappa shape index (κ2) is 7.95. The third-order valence-corrected chi connectivity index (χ3v) is 5.40. The Morgan fingerprint density at radius 2 is 1.86 bits per heavy atom. The summed E-state index contributed by atoms with van der Waals surface area (Å²) in [6.45, 7) is 6.65. The van der Waals surface area contributed by atoms with Gasteiger partial charge in [0.2, 0.25) is 0 Å². The first-order valence-corrected chi connectivity index (χ1v) is 8.69. The van der Waals surface area contributed by atoms with E-state index in [1.54, 1.807) is 0 Å². The Labute approximate surface area is 130 Å². The lowest BCUT2D eigenvalue weighted by atomic mass is 9.75. The highest BCUT2D eigenvalue weighted by Gasteiger charge is 2.27. The Bertz CT molecular complexity index is 433. The Kier molecular flexibility index (Phi) is 6.25. The molecule has 0 heterocycles. The van der Waals surface area contributed by atoms with Crippen LogP contribution in [0.4, 0.5) is 0 Å². The molecule has 2 rings (SSSR count). The SMILES string of the molecule is CCCCC1CCC(C(NN)c2ccc(C)c(C)c2)CC1. The number of nitrogens with one attached hydrogen (secondary N) is 1. The van der Waals surface area contributed by atoms with Gasteiger partial charge in [-0.05, 0) is 55.2 Å². The van der Waals surface area contributed by atoms with Crippen LogP contribution in [0.25, 0.3) is 0 Å². The minimum Gasteiger partial charge on any atom is -0.271 e. The molecule has 1 aliphatic carbocycles. The number of nitrogens with two attached hydrogens (primary N) is 1. The van der Waals surface area contributed by atoms with Crippen molar-refractivity contribution in [2.45, 2.75) is 71.8 Å². The highest BCUT2D eigenvalue weighted by Crippen LogP contribution is 2.38. The second-order valence-corrected chi connectivity index (χ2v) is 6.91. The lowest BCUT2D eigenvalue weighted by Gasteiger charge is -2.34. The van der Waals surface area contributed by atoms with E-state index >= 15 is 0 Å². The van der Waals surface area contributed by atoms with Crippen molar-refractivity contribution < 1.29 is 0 Å².